The summed E-state index contributed by atoms with van der Waals surface area (Å²) in [5.74, 6) is -0.172. The Morgan fingerprint density at radius 2 is 1.59 bits per heavy atom. The maximum absolute atomic E-state index is 12.9. The highest BCUT2D eigenvalue weighted by Crippen LogP contribution is 2.59. The van der Waals surface area contributed by atoms with Crippen molar-refractivity contribution in [1.29, 1.82) is 0 Å². The van der Waals surface area contributed by atoms with Crippen LogP contribution in [0.3, 0.4) is 0 Å². The number of nitrogens with zero attached hydrogens (tertiary/aromatic N) is 1. The summed E-state index contributed by atoms with van der Waals surface area (Å²) >= 11 is 3.42. The third-order valence-corrected chi connectivity index (χ3v) is 6.13. The van der Waals surface area contributed by atoms with E-state index in [1.54, 1.807) is 6.21 Å². The molecular weight excluding hydrogens is 424 g/mol. The molecule has 0 aliphatic heterocycles. The number of hydrogen-bond donors (Lipinski definition) is 1. The molecule has 0 bridgehead atoms. The zero-order valence-corrected chi connectivity index (χ0v) is 18.1. The van der Waals surface area contributed by atoms with Gasteiger partial charge in [0.1, 0.15) is 0 Å². The van der Waals surface area contributed by atoms with Crippen LogP contribution in [-0.2, 0) is 10.2 Å². The maximum Gasteiger partial charge on any atom is 0.244 e. The molecule has 0 saturated heterocycles. The number of benzene rings is 3. The summed E-state index contributed by atoms with van der Waals surface area (Å²) < 4.78 is 1.01. The topological polar surface area (TPSA) is 41.5 Å². The lowest BCUT2D eigenvalue weighted by Gasteiger charge is -2.19. The van der Waals surface area contributed by atoms with E-state index in [2.05, 4.69) is 88.8 Å². The van der Waals surface area contributed by atoms with E-state index in [0.29, 0.717) is 0 Å². The number of carbonyl (C=O) groups excluding carboxylic acids is 1. The van der Waals surface area contributed by atoms with Gasteiger partial charge in [-0.05, 0) is 49.1 Å². The number of nitrogens with one attached hydrogen (secondary N) is 1. The van der Waals surface area contributed by atoms with E-state index in [0.717, 1.165) is 16.5 Å². The van der Waals surface area contributed by atoms with Crippen LogP contribution >= 0.6 is 15.9 Å². The van der Waals surface area contributed by atoms with Crippen molar-refractivity contribution in [3.63, 3.8) is 0 Å². The lowest BCUT2D eigenvalue weighted by Crippen LogP contribution is -2.25. The highest BCUT2D eigenvalue weighted by molar-refractivity contribution is 9.10. The molecule has 1 N–H and O–H groups in total. The Morgan fingerprint density at radius 3 is 2.14 bits per heavy atom. The van der Waals surface area contributed by atoms with Gasteiger partial charge in [-0.2, -0.15) is 5.10 Å². The first kappa shape index (κ1) is 19.6. The van der Waals surface area contributed by atoms with Crippen molar-refractivity contribution in [1.82, 2.24) is 5.43 Å². The van der Waals surface area contributed by atoms with Crippen LogP contribution < -0.4 is 5.43 Å². The molecular formula is C25H23BrN2O. The van der Waals surface area contributed by atoms with Crippen molar-refractivity contribution >= 4 is 28.1 Å². The van der Waals surface area contributed by atoms with Crippen LogP contribution in [0.5, 0.6) is 0 Å². The van der Waals surface area contributed by atoms with Crippen molar-refractivity contribution < 1.29 is 4.79 Å². The molecule has 3 aromatic carbocycles. The van der Waals surface area contributed by atoms with Crippen LogP contribution in [0.4, 0.5) is 0 Å². The first-order valence-corrected chi connectivity index (χ1v) is 10.5. The van der Waals surface area contributed by atoms with Gasteiger partial charge in [-0.15, -0.1) is 0 Å². The van der Waals surface area contributed by atoms with E-state index in [9.17, 15) is 4.79 Å². The Labute approximate surface area is 180 Å². The smallest absolute Gasteiger partial charge is 0.244 e. The van der Waals surface area contributed by atoms with Crippen LogP contribution in [0, 0.1) is 19.8 Å². The van der Waals surface area contributed by atoms with E-state index >= 15 is 0 Å². The van der Waals surface area contributed by atoms with E-state index < -0.39 is 0 Å². The molecule has 1 atom stereocenters. The average Bonchev–Trinajstić information content (AvgIpc) is 3.47. The molecule has 4 heteroatoms. The molecule has 1 aliphatic rings. The van der Waals surface area contributed by atoms with Gasteiger partial charge in [-0.1, -0.05) is 87.7 Å². The predicted molar refractivity (Wildman–Crippen MR) is 121 cm³/mol. The largest absolute Gasteiger partial charge is 0.273 e. The van der Waals surface area contributed by atoms with E-state index in [1.807, 2.05) is 24.3 Å². The maximum atomic E-state index is 12.9. The predicted octanol–water partition coefficient (Wildman–Crippen LogP) is 5.52. The molecule has 146 valence electrons. The van der Waals surface area contributed by atoms with Crippen molar-refractivity contribution in [3.05, 3.63) is 105 Å². The highest BCUT2D eigenvalue weighted by Gasteiger charge is 2.60. The van der Waals surface area contributed by atoms with Crippen molar-refractivity contribution in [2.75, 3.05) is 0 Å². The summed E-state index contributed by atoms with van der Waals surface area (Å²) in [6.45, 7) is 4.18. The third kappa shape index (κ3) is 4.03. The number of hydrogen-bond acceptors (Lipinski definition) is 2. The van der Waals surface area contributed by atoms with Crippen LogP contribution in [0.15, 0.2) is 82.4 Å². The lowest BCUT2D eigenvalue weighted by molar-refractivity contribution is -0.122. The summed E-state index contributed by atoms with van der Waals surface area (Å²) in [6.07, 6.45) is 2.47. The van der Waals surface area contributed by atoms with Gasteiger partial charge >= 0.3 is 0 Å². The normalized spacial score (nSPS) is 17.3. The second-order valence-electron chi connectivity index (χ2n) is 7.75. The molecule has 0 heterocycles. The number of carbonyl (C=O) groups is 1. The minimum atomic E-state index is -0.282. The molecule has 0 unspecified atom stereocenters. The fourth-order valence-corrected chi connectivity index (χ4v) is 4.29. The minimum absolute atomic E-state index is 0.0404. The molecule has 1 saturated carbocycles. The van der Waals surface area contributed by atoms with E-state index in [1.165, 1.54) is 22.3 Å². The summed E-state index contributed by atoms with van der Waals surface area (Å²) in [4.78, 5) is 12.9. The molecule has 3 nitrogen and oxygen atoms in total. The van der Waals surface area contributed by atoms with E-state index in [4.69, 9.17) is 0 Å². The van der Waals surface area contributed by atoms with E-state index in [-0.39, 0.29) is 17.2 Å². The molecule has 0 spiro atoms. The van der Waals surface area contributed by atoms with Crippen molar-refractivity contribution in [3.8, 4) is 0 Å². The monoisotopic (exact) mass is 446 g/mol. The van der Waals surface area contributed by atoms with Gasteiger partial charge in [0.25, 0.3) is 0 Å². The molecule has 1 fully saturated rings. The molecule has 29 heavy (non-hydrogen) atoms. The number of halogens is 1. The van der Waals surface area contributed by atoms with Crippen LogP contribution in [0.2, 0.25) is 0 Å². The van der Waals surface area contributed by atoms with Gasteiger partial charge in [0.2, 0.25) is 5.91 Å². The Morgan fingerprint density at radius 1 is 1.00 bits per heavy atom. The Balaban J connectivity index is 1.58. The summed E-state index contributed by atoms with van der Waals surface area (Å²) in [5.41, 5.74) is 8.20. The third-order valence-electron chi connectivity index (χ3n) is 5.60. The standard InChI is InChI=1S/C25H23BrN2O/c1-17-5-3-7-20(13-17)25(21-8-4-6-18(2)14-21)15-23(25)24(29)28-27-16-19-9-11-22(26)12-10-19/h3-14,16,23H,15H2,1-2H3,(H,28,29)/b27-16-/t23-/m1/s1. The SMILES string of the molecule is Cc1cccc(C2(c3cccc(C)c3)C[C@@H]2C(=O)N/N=C\c2ccc(Br)cc2)c1. The second kappa shape index (κ2) is 7.96. The van der Waals surface area contributed by atoms with Crippen molar-refractivity contribution in [2.24, 2.45) is 11.0 Å². The molecule has 0 aromatic heterocycles. The van der Waals surface area contributed by atoms with Gasteiger partial charge in [0, 0.05) is 9.89 Å². The summed E-state index contributed by atoms with van der Waals surface area (Å²) in [5, 5.41) is 4.18. The minimum Gasteiger partial charge on any atom is -0.273 e. The van der Waals surface area contributed by atoms with Crippen LogP contribution in [-0.4, -0.2) is 12.1 Å². The number of hydrazone groups is 1. The fourth-order valence-electron chi connectivity index (χ4n) is 4.03. The molecule has 0 radical (unpaired) electrons. The van der Waals surface area contributed by atoms with Gasteiger partial charge in [0.05, 0.1) is 12.1 Å². The summed E-state index contributed by atoms with van der Waals surface area (Å²) in [7, 11) is 0. The Kier molecular flexibility index (Phi) is 5.37. The van der Waals surface area contributed by atoms with Gasteiger partial charge in [0.15, 0.2) is 0 Å². The van der Waals surface area contributed by atoms with Crippen molar-refractivity contribution in [2.45, 2.75) is 25.7 Å². The number of rotatable bonds is 5. The Bertz CT molecular complexity index is 1030. The molecule has 1 amide bonds. The zero-order valence-electron chi connectivity index (χ0n) is 16.5. The Hall–Kier alpha value is -2.72. The number of aryl methyl sites for hydroxylation is 2. The van der Waals surface area contributed by atoms with Crippen LogP contribution in [0.25, 0.3) is 0 Å². The first-order chi connectivity index (χ1) is 14.0. The summed E-state index contributed by atoms with van der Waals surface area (Å²) in [6, 6.07) is 24.8. The number of amides is 1. The zero-order chi connectivity index (χ0) is 20.4. The highest BCUT2D eigenvalue weighted by atomic mass is 79.9. The lowest BCUT2D eigenvalue weighted by atomic mass is 9.84. The molecule has 4 rings (SSSR count). The van der Waals surface area contributed by atoms with Crippen LogP contribution in [0.1, 0.15) is 34.2 Å². The quantitative estimate of drug-likeness (QED) is 0.406. The second-order valence-corrected chi connectivity index (χ2v) is 8.67. The molecule has 1 aliphatic carbocycles. The fraction of sp³-hybridized carbons (Fsp3) is 0.200. The first-order valence-electron chi connectivity index (χ1n) is 9.72. The average molecular weight is 447 g/mol. The van der Waals surface area contributed by atoms with Gasteiger partial charge in [-0.3, -0.25) is 4.79 Å². The van der Waals surface area contributed by atoms with Gasteiger partial charge < -0.3 is 0 Å². The molecule has 3 aromatic rings. The van der Waals surface area contributed by atoms with Gasteiger partial charge in [-0.25, -0.2) is 5.43 Å².